The van der Waals surface area contributed by atoms with E-state index in [4.69, 9.17) is 0 Å². The summed E-state index contributed by atoms with van der Waals surface area (Å²) in [6.45, 7) is 3.92. The molecular weight excluding hydrogens is 192 g/mol. The molecule has 0 bridgehead atoms. The summed E-state index contributed by atoms with van der Waals surface area (Å²) in [5.41, 5.74) is 2.11. The van der Waals surface area contributed by atoms with Crippen LogP contribution in [0.3, 0.4) is 0 Å². The van der Waals surface area contributed by atoms with Gasteiger partial charge in [0.25, 0.3) is 5.24 Å². The maximum Gasteiger partial charge on any atom is 0.284 e. The van der Waals surface area contributed by atoms with Crippen molar-refractivity contribution in [3.63, 3.8) is 0 Å². The van der Waals surface area contributed by atoms with E-state index in [2.05, 4.69) is 9.69 Å². The van der Waals surface area contributed by atoms with Crippen molar-refractivity contribution in [2.45, 2.75) is 18.1 Å². The van der Waals surface area contributed by atoms with Crippen LogP contribution in [0.15, 0.2) is 4.21 Å². The Hall–Kier alpha value is -0.550. The van der Waals surface area contributed by atoms with Crippen molar-refractivity contribution >= 4 is 28.5 Å². The Morgan fingerprint density at radius 1 is 1.58 bits per heavy atom. The van der Waals surface area contributed by atoms with E-state index in [0.29, 0.717) is 0 Å². The average Bonchev–Trinajstić information content (AvgIpc) is 2.36. The Morgan fingerprint density at radius 2 is 2.25 bits per heavy atom. The van der Waals surface area contributed by atoms with E-state index >= 15 is 0 Å². The Morgan fingerprint density at radius 3 is 2.67 bits per heavy atom. The van der Waals surface area contributed by atoms with Crippen molar-refractivity contribution in [2.24, 2.45) is 0 Å². The predicted molar refractivity (Wildman–Crippen MR) is 51.9 cm³/mol. The zero-order valence-electron chi connectivity index (χ0n) is 7.17. The molecule has 1 aromatic rings. The van der Waals surface area contributed by atoms with Gasteiger partial charge in [-0.25, -0.2) is 0 Å². The van der Waals surface area contributed by atoms with Crippen LogP contribution in [0.4, 0.5) is 4.79 Å². The maximum absolute atomic E-state index is 11.0. The maximum atomic E-state index is 11.0. The van der Waals surface area contributed by atoms with E-state index in [9.17, 15) is 4.79 Å². The lowest BCUT2D eigenvalue weighted by Gasteiger charge is -1.96. The van der Waals surface area contributed by atoms with Gasteiger partial charge < -0.3 is 5.32 Å². The van der Waals surface area contributed by atoms with Gasteiger partial charge in [0, 0.05) is 7.05 Å². The first kappa shape index (κ1) is 9.54. The fraction of sp³-hybridized carbons (Fsp3) is 0.429. The minimum atomic E-state index is -0.0400. The second-order valence-electron chi connectivity index (χ2n) is 2.32. The van der Waals surface area contributed by atoms with Gasteiger partial charge in [-0.15, -0.1) is 0 Å². The first-order valence-corrected chi connectivity index (χ1v) is 5.06. The third-order valence-electron chi connectivity index (χ3n) is 1.50. The summed E-state index contributed by atoms with van der Waals surface area (Å²) in [6, 6.07) is 0. The normalized spacial score (nSPS) is 9.92. The van der Waals surface area contributed by atoms with E-state index in [0.717, 1.165) is 15.5 Å². The number of nitrogens with one attached hydrogen (secondary N) is 1. The van der Waals surface area contributed by atoms with Gasteiger partial charge in [-0.2, -0.15) is 4.37 Å². The molecule has 0 aliphatic carbocycles. The van der Waals surface area contributed by atoms with Crippen LogP contribution < -0.4 is 5.32 Å². The predicted octanol–water partition coefficient (Wildman–Crippen LogP) is 2.19. The highest BCUT2D eigenvalue weighted by atomic mass is 32.2. The van der Waals surface area contributed by atoms with Gasteiger partial charge in [0.15, 0.2) is 0 Å². The fourth-order valence-corrected chi connectivity index (χ4v) is 2.33. The summed E-state index contributed by atoms with van der Waals surface area (Å²) < 4.78 is 5.12. The largest absolute Gasteiger partial charge is 0.350 e. The number of hydrogen-bond donors (Lipinski definition) is 1. The summed E-state index contributed by atoms with van der Waals surface area (Å²) in [5, 5.41) is 2.51. The molecule has 0 unspecified atom stereocenters. The smallest absolute Gasteiger partial charge is 0.284 e. The molecule has 0 atom stereocenters. The van der Waals surface area contributed by atoms with Crippen LogP contribution in [-0.2, 0) is 0 Å². The molecule has 1 rings (SSSR count). The molecular formula is C7H10N2OS2. The molecule has 0 aromatic carbocycles. The number of aryl methyl sites for hydroxylation is 1. The van der Waals surface area contributed by atoms with Crippen molar-refractivity contribution in [1.82, 2.24) is 9.69 Å². The Kier molecular flexibility index (Phi) is 3.11. The lowest BCUT2D eigenvalue weighted by atomic mass is 10.3. The highest BCUT2D eigenvalue weighted by molar-refractivity contribution is 8.14. The number of hydrogen-bond acceptors (Lipinski definition) is 4. The second kappa shape index (κ2) is 3.91. The highest BCUT2D eigenvalue weighted by Crippen LogP contribution is 2.28. The third kappa shape index (κ3) is 1.98. The van der Waals surface area contributed by atoms with Crippen LogP contribution in [0.1, 0.15) is 11.3 Å². The molecule has 0 saturated carbocycles. The van der Waals surface area contributed by atoms with Crippen LogP contribution >= 0.6 is 23.3 Å². The van der Waals surface area contributed by atoms with Crippen molar-refractivity contribution in [3.05, 3.63) is 11.3 Å². The fourth-order valence-electron chi connectivity index (χ4n) is 0.625. The van der Waals surface area contributed by atoms with Crippen molar-refractivity contribution in [2.75, 3.05) is 7.05 Å². The molecule has 0 fully saturated rings. The van der Waals surface area contributed by atoms with E-state index in [1.54, 1.807) is 7.05 Å². The van der Waals surface area contributed by atoms with E-state index in [1.165, 1.54) is 23.3 Å². The highest BCUT2D eigenvalue weighted by Gasteiger charge is 2.09. The number of thioether (sulfide) groups is 1. The molecule has 12 heavy (non-hydrogen) atoms. The number of carbonyl (C=O) groups excluding carboxylic acids is 1. The average molecular weight is 202 g/mol. The first-order valence-electron chi connectivity index (χ1n) is 3.47. The third-order valence-corrected chi connectivity index (χ3v) is 3.70. The second-order valence-corrected chi connectivity index (χ2v) is 4.33. The van der Waals surface area contributed by atoms with E-state index in [-0.39, 0.29) is 5.24 Å². The molecule has 1 aromatic heterocycles. The van der Waals surface area contributed by atoms with Gasteiger partial charge in [0.2, 0.25) is 0 Å². The monoisotopic (exact) mass is 202 g/mol. The van der Waals surface area contributed by atoms with Crippen LogP contribution in [0.5, 0.6) is 0 Å². The van der Waals surface area contributed by atoms with Gasteiger partial charge in [-0.05, 0) is 42.7 Å². The Bertz CT molecular complexity index is 296. The van der Waals surface area contributed by atoms with Gasteiger partial charge >= 0.3 is 0 Å². The minimum Gasteiger partial charge on any atom is -0.350 e. The molecule has 0 spiro atoms. The number of carbonyl (C=O) groups is 1. The summed E-state index contributed by atoms with van der Waals surface area (Å²) in [6.07, 6.45) is 0. The molecule has 66 valence electrons. The summed E-state index contributed by atoms with van der Waals surface area (Å²) in [7, 11) is 1.62. The van der Waals surface area contributed by atoms with Crippen LogP contribution in [0, 0.1) is 13.8 Å². The number of amides is 1. The van der Waals surface area contributed by atoms with Crippen molar-refractivity contribution in [3.8, 4) is 0 Å². The lowest BCUT2D eigenvalue weighted by Crippen LogP contribution is -2.10. The van der Waals surface area contributed by atoms with Gasteiger partial charge in [-0.3, -0.25) is 4.79 Å². The molecule has 0 radical (unpaired) electrons. The quantitative estimate of drug-likeness (QED) is 0.710. The molecule has 0 aliphatic heterocycles. The standard InChI is InChI=1S/C7H10N2OS2/c1-4-5(2)9-12-6(4)11-7(10)8-3/h1-3H3,(H,8,10). The van der Waals surface area contributed by atoms with E-state index in [1.807, 2.05) is 13.8 Å². The Balaban J connectivity index is 2.76. The summed E-state index contributed by atoms with van der Waals surface area (Å²) in [4.78, 5) is 11.0. The first-order chi connectivity index (χ1) is 5.65. The molecule has 3 nitrogen and oxygen atoms in total. The number of rotatable bonds is 1. The summed E-state index contributed by atoms with van der Waals surface area (Å²) >= 11 is 2.57. The SMILES string of the molecule is CNC(=O)Sc1snc(C)c1C. The zero-order chi connectivity index (χ0) is 9.14. The number of nitrogens with zero attached hydrogens (tertiary/aromatic N) is 1. The minimum absolute atomic E-state index is 0.0400. The van der Waals surface area contributed by atoms with Gasteiger partial charge in [0.05, 0.1) is 9.90 Å². The van der Waals surface area contributed by atoms with Crippen LogP contribution in [0.2, 0.25) is 0 Å². The lowest BCUT2D eigenvalue weighted by molar-refractivity contribution is 0.262. The van der Waals surface area contributed by atoms with Gasteiger partial charge in [0.1, 0.15) is 0 Å². The molecule has 1 heterocycles. The van der Waals surface area contributed by atoms with Crippen molar-refractivity contribution < 1.29 is 4.79 Å². The summed E-state index contributed by atoms with van der Waals surface area (Å²) in [5.74, 6) is 0. The molecule has 0 saturated heterocycles. The molecule has 1 N–H and O–H groups in total. The van der Waals surface area contributed by atoms with Gasteiger partial charge in [-0.1, -0.05) is 0 Å². The molecule has 5 heteroatoms. The molecule has 1 amide bonds. The van der Waals surface area contributed by atoms with E-state index < -0.39 is 0 Å². The molecule has 0 aliphatic rings. The Labute approximate surface area is 79.7 Å². The van der Waals surface area contributed by atoms with Crippen molar-refractivity contribution in [1.29, 1.82) is 0 Å². The number of aromatic nitrogens is 1. The topological polar surface area (TPSA) is 42.0 Å². The zero-order valence-corrected chi connectivity index (χ0v) is 8.80. The van der Waals surface area contributed by atoms with Crippen LogP contribution in [-0.4, -0.2) is 16.7 Å². The van der Waals surface area contributed by atoms with Crippen LogP contribution in [0.25, 0.3) is 0 Å².